The van der Waals surface area contributed by atoms with Crippen molar-refractivity contribution in [3.8, 4) is 0 Å². The first-order valence-electron chi connectivity index (χ1n) is 7.01. The summed E-state index contributed by atoms with van der Waals surface area (Å²) in [5.74, 6) is 2.00. The van der Waals surface area contributed by atoms with E-state index in [4.69, 9.17) is 4.99 Å². The lowest BCUT2D eigenvalue weighted by Gasteiger charge is -2.19. The first-order chi connectivity index (χ1) is 8.92. The predicted molar refractivity (Wildman–Crippen MR) is 76.3 cm³/mol. The number of nitrogens with zero attached hydrogens (tertiary/aromatic N) is 1. The topological polar surface area (TPSA) is 36.4 Å². The van der Waals surface area contributed by atoms with Crippen LogP contribution in [0.1, 0.15) is 24.8 Å². The summed E-state index contributed by atoms with van der Waals surface area (Å²) in [4.78, 5) is 4.72. The van der Waals surface area contributed by atoms with Crippen LogP contribution in [0.15, 0.2) is 29.3 Å². The Morgan fingerprint density at radius 2 is 2.17 bits per heavy atom. The summed E-state index contributed by atoms with van der Waals surface area (Å²) in [6, 6.07) is 8.53. The van der Waals surface area contributed by atoms with E-state index in [2.05, 4.69) is 34.9 Å². The van der Waals surface area contributed by atoms with Crippen molar-refractivity contribution < 1.29 is 0 Å². The predicted octanol–water partition coefficient (Wildman–Crippen LogP) is 2.44. The summed E-state index contributed by atoms with van der Waals surface area (Å²) >= 11 is 0. The quantitative estimate of drug-likeness (QED) is 0.855. The molecule has 1 atom stereocenters. The fourth-order valence-corrected chi connectivity index (χ4v) is 2.79. The van der Waals surface area contributed by atoms with Crippen molar-refractivity contribution in [1.82, 2.24) is 5.32 Å². The maximum Gasteiger partial charge on any atom is 0.101 e. The molecule has 2 aliphatic heterocycles. The maximum atomic E-state index is 4.72. The van der Waals surface area contributed by atoms with Gasteiger partial charge < -0.3 is 10.6 Å². The molecule has 0 radical (unpaired) electrons. The summed E-state index contributed by atoms with van der Waals surface area (Å²) in [7, 11) is 0. The van der Waals surface area contributed by atoms with E-state index in [9.17, 15) is 0 Å². The normalized spacial score (nSPS) is 24.9. The van der Waals surface area contributed by atoms with Gasteiger partial charge in [0, 0.05) is 18.7 Å². The van der Waals surface area contributed by atoms with E-state index in [1.807, 2.05) is 0 Å². The van der Waals surface area contributed by atoms with Gasteiger partial charge in [-0.3, -0.25) is 4.99 Å². The Kier molecular flexibility index (Phi) is 3.60. The lowest BCUT2D eigenvalue weighted by molar-refractivity contribution is 0.541. The number of hydrogen-bond donors (Lipinski definition) is 2. The number of anilines is 1. The van der Waals surface area contributed by atoms with Crippen LogP contribution in [0.2, 0.25) is 0 Å². The van der Waals surface area contributed by atoms with Crippen LogP contribution in [-0.2, 0) is 6.42 Å². The van der Waals surface area contributed by atoms with E-state index in [1.54, 1.807) is 0 Å². The number of para-hydroxylation sites is 1. The third-order valence-electron chi connectivity index (χ3n) is 3.93. The third kappa shape index (κ3) is 2.72. The minimum Gasteiger partial charge on any atom is -0.344 e. The second-order valence-electron chi connectivity index (χ2n) is 5.26. The second-order valence-corrected chi connectivity index (χ2v) is 5.26. The van der Waals surface area contributed by atoms with Gasteiger partial charge in [-0.2, -0.15) is 0 Å². The Bertz CT molecular complexity index is 433. The molecule has 3 nitrogen and oxygen atoms in total. The van der Waals surface area contributed by atoms with Crippen molar-refractivity contribution in [2.75, 3.05) is 25.0 Å². The van der Waals surface area contributed by atoms with Crippen LogP contribution in [-0.4, -0.2) is 25.5 Å². The van der Waals surface area contributed by atoms with Gasteiger partial charge in [0.15, 0.2) is 0 Å². The number of rotatable bonds is 3. The van der Waals surface area contributed by atoms with Gasteiger partial charge in [0.05, 0.1) is 0 Å². The van der Waals surface area contributed by atoms with E-state index in [1.165, 1.54) is 43.0 Å². The van der Waals surface area contributed by atoms with Crippen molar-refractivity contribution in [3.05, 3.63) is 29.8 Å². The monoisotopic (exact) mass is 243 g/mol. The molecule has 3 heteroatoms. The zero-order valence-corrected chi connectivity index (χ0v) is 10.8. The molecular weight excluding hydrogens is 222 g/mol. The number of aryl methyl sites for hydroxylation is 1. The number of hydrogen-bond acceptors (Lipinski definition) is 2. The third-order valence-corrected chi connectivity index (χ3v) is 3.93. The number of amidine groups is 1. The fraction of sp³-hybridized carbons (Fsp3) is 0.533. The van der Waals surface area contributed by atoms with E-state index in [0.717, 1.165) is 25.3 Å². The van der Waals surface area contributed by atoms with Crippen molar-refractivity contribution >= 4 is 11.5 Å². The van der Waals surface area contributed by atoms with Crippen LogP contribution in [0, 0.1) is 5.92 Å². The van der Waals surface area contributed by atoms with Crippen molar-refractivity contribution in [1.29, 1.82) is 0 Å². The van der Waals surface area contributed by atoms with Crippen LogP contribution in [0.4, 0.5) is 5.69 Å². The molecule has 3 rings (SSSR count). The molecular formula is C15H21N3. The molecule has 96 valence electrons. The van der Waals surface area contributed by atoms with Crippen molar-refractivity contribution in [3.63, 3.8) is 0 Å². The van der Waals surface area contributed by atoms with E-state index < -0.39 is 0 Å². The largest absolute Gasteiger partial charge is 0.344 e. The summed E-state index contributed by atoms with van der Waals surface area (Å²) in [6.45, 7) is 3.34. The molecule has 1 aromatic carbocycles. The second kappa shape index (κ2) is 5.53. The average molecular weight is 243 g/mol. The van der Waals surface area contributed by atoms with Crippen LogP contribution in [0.3, 0.4) is 0 Å². The van der Waals surface area contributed by atoms with Gasteiger partial charge >= 0.3 is 0 Å². The maximum absolute atomic E-state index is 4.72. The van der Waals surface area contributed by atoms with Gasteiger partial charge in [0.1, 0.15) is 5.84 Å². The molecule has 2 N–H and O–H groups in total. The Labute approximate surface area is 109 Å². The molecule has 0 saturated carbocycles. The first-order valence-corrected chi connectivity index (χ1v) is 7.01. The van der Waals surface area contributed by atoms with Crippen LogP contribution in [0.5, 0.6) is 0 Å². The molecule has 1 aromatic rings. The van der Waals surface area contributed by atoms with Crippen molar-refractivity contribution in [2.45, 2.75) is 25.7 Å². The Balaban J connectivity index is 1.54. The van der Waals surface area contributed by atoms with Gasteiger partial charge in [0.2, 0.25) is 0 Å². The van der Waals surface area contributed by atoms with E-state index >= 15 is 0 Å². The molecule has 1 fully saturated rings. The minimum atomic E-state index is 0.838. The molecule has 0 spiro atoms. The summed E-state index contributed by atoms with van der Waals surface area (Å²) in [5, 5.41) is 6.87. The Morgan fingerprint density at radius 1 is 1.22 bits per heavy atom. The number of benzene rings is 1. The molecule has 0 bridgehead atoms. The van der Waals surface area contributed by atoms with Crippen LogP contribution in [0.25, 0.3) is 0 Å². The molecule has 0 amide bonds. The lowest BCUT2D eigenvalue weighted by Crippen LogP contribution is -2.20. The summed E-state index contributed by atoms with van der Waals surface area (Å²) in [6.07, 6.45) is 4.72. The minimum absolute atomic E-state index is 0.838. The molecule has 2 heterocycles. The Morgan fingerprint density at radius 3 is 3.06 bits per heavy atom. The highest BCUT2D eigenvalue weighted by Crippen LogP contribution is 2.22. The van der Waals surface area contributed by atoms with Gasteiger partial charge in [-0.15, -0.1) is 0 Å². The number of fused-ring (bicyclic) bond motifs is 1. The average Bonchev–Trinajstić information content (AvgIpc) is 2.92. The SMILES string of the molecule is c1ccc2c(c1)CCC(=NCCC1CCNC1)N2. The van der Waals surface area contributed by atoms with Crippen LogP contribution < -0.4 is 10.6 Å². The highest BCUT2D eigenvalue weighted by Gasteiger charge is 2.15. The van der Waals surface area contributed by atoms with Gasteiger partial charge in [-0.05, 0) is 49.9 Å². The van der Waals surface area contributed by atoms with Gasteiger partial charge in [-0.1, -0.05) is 18.2 Å². The molecule has 1 saturated heterocycles. The zero-order chi connectivity index (χ0) is 12.2. The highest BCUT2D eigenvalue weighted by molar-refractivity contribution is 5.98. The van der Waals surface area contributed by atoms with Gasteiger partial charge in [-0.25, -0.2) is 0 Å². The fourth-order valence-electron chi connectivity index (χ4n) is 2.79. The lowest BCUT2D eigenvalue weighted by atomic mass is 10.0. The van der Waals surface area contributed by atoms with E-state index in [-0.39, 0.29) is 0 Å². The highest BCUT2D eigenvalue weighted by atomic mass is 15.0. The first kappa shape index (κ1) is 11.7. The van der Waals surface area contributed by atoms with E-state index in [0.29, 0.717) is 0 Å². The van der Waals surface area contributed by atoms with Crippen molar-refractivity contribution in [2.24, 2.45) is 10.9 Å². The molecule has 18 heavy (non-hydrogen) atoms. The smallest absolute Gasteiger partial charge is 0.101 e. The molecule has 1 unspecified atom stereocenters. The van der Waals surface area contributed by atoms with Gasteiger partial charge in [0.25, 0.3) is 0 Å². The zero-order valence-electron chi connectivity index (χ0n) is 10.8. The number of nitrogens with one attached hydrogen (secondary N) is 2. The summed E-state index contributed by atoms with van der Waals surface area (Å²) in [5.41, 5.74) is 2.65. The standard InChI is InChI=1S/C15H21N3/c1-2-4-14-13(3-1)5-6-15(18-14)17-10-8-12-7-9-16-11-12/h1-4,12,16H,5-11H2,(H,17,18). The summed E-state index contributed by atoms with van der Waals surface area (Å²) < 4.78 is 0. The molecule has 0 aliphatic carbocycles. The van der Waals surface area contributed by atoms with Crippen LogP contribution >= 0.6 is 0 Å². The molecule has 2 aliphatic rings. The Hall–Kier alpha value is -1.35. The molecule has 0 aromatic heterocycles. The number of aliphatic imine (C=N–C) groups is 1.